The number of imidazole rings is 1. The lowest BCUT2D eigenvalue weighted by molar-refractivity contribution is -0.120. The monoisotopic (exact) mass is 397 g/mol. The van der Waals surface area contributed by atoms with Crippen molar-refractivity contribution in [3.05, 3.63) is 40.6 Å². The molecule has 0 bridgehead atoms. The number of aryl methyl sites for hydroxylation is 2. The summed E-state index contributed by atoms with van der Waals surface area (Å²) in [7, 11) is 1.66. The van der Waals surface area contributed by atoms with Gasteiger partial charge in [0.15, 0.2) is 0 Å². The molecule has 3 aromatic heterocycles. The fraction of sp³-hybridized carbons (Fsp3) is 0.263. The number of rotatable bonds is 6. The number of aromatic amines is 1. The highest BCUT2D eigenvalue weighted by atomic mass is 32.1. The Balaban J connectivity index is 1.70. The Kier molecular flexibility index (Phi) is 5.00. The molecule has 4 aromatic rings. The second kappa shape index (κ2) is 7.58. The number of hydrogen-bond donors (Lipinski definition) is 2. The molecule has 0 saturated carbocycles. The van der Waals surface area contributed by atoms with Crippen molar-refractivity contribution in [1.29, 1.82) is 0 Å². The SMILES string of the molecule is CNC(=O)CCCc1nc(-c2nc(C)cs2)c(-c2ccc3ncsc3c2)[nH]1. The number of nitrogens with one attached hydrogen (secondary N) is 2. The number of fused-ring (bicyclic) bond motifs is 1. The normalized spacial score (nSPS) is 11.2. The molecule has 6 nitrogen and oxygen atoms in total. The van der Waals surface area contributed by atoms with E-state index in [4.69, 9.17) is 4.98 Å². The summed E-state index contributed by atoms with van der Waals surface area (Å²) in [6, 6.07) is 6.23. The second-order valence-corrected chi connectivity index (χ2v) is 8.01. The van der Waals surface area contributed by atoms with E-state index in [0.29, 0.717) is 12.8 Å². The highest BCUT2D eigenvalue weighted by Gasteiger charge is 2.17. The lowest BCUT2D eigenvalue weighted by Gasteiger charge is -2.01. The number of nitrogens with zero attached hydrogens (tertiary/aromatic N) is 3. The fourth-order valence-corrected chi connectivity index (χ4v) is 4.43. The van der Waals surface area contributed by atoms with Crippen molar-refractivity contribution in [1.82, 2.24) is 25.3 Å². The minimum atomic E-state index is 0.0493. The first-order valence-corrected chi connectivity index (χ1v) is 10.5. The van der Waals surface area contributed by atoms with Gasteiger partial charge in [-0.05, 0) is 25.5 Å². The van der Waals surface area contributed by atoms with Gasteiger partial charge in [-0.25, -0.2) is 15.0 Å². The number of thiazole rings is 2. The first-order valence-electron chi connectivity index (χ1n) is 8.69. The summed E-state index contributed by atoms with van der Waals surface area (Å²) in [6.07, 6.45) is 1.95. The van der Waals surface area contributed by atoms with Gasteiger partial charge in [-0.1, -0.05) is 6.07 Å². The van der Waals surface area contributed by atoms with Crippen molar-refractivity contribution in [3.63, 3.8) is 0 Å². The molecule has 27 heavy (non-hydrogen) atoms. The average molecular weight is 398 g/mol. The molecule has 0 spiro atoms. The topological polar surface area (TPSA) is 83.6 Å². The third kappa shape index (κ3) is 3.77. The molecule has 1 aromatic carbocycles. The van der Waals surface area contributed by atoms with Crippen LogP contribution in [0.25, 0.3) is 32.2 Å². The summed E-state index contributed by atoms with van der Waals surface area (Å²) in [5.41, 5.74) is 6.75. The second-order valence-electron chi connectivity index (χ2n) is 6.26. The first kappa shape index (κ1) is 17.8. The molecule has 0 aliphatic carbocycles. The first-order chi connectivity index (χ1) is 13.1. The van der Waals surface area contributed by atoms with Crippen molar-refractivity contribution in [2.45, 2.75) is 26.2 Å². The van der Waals surface area contributed by atoms with Crippen molar-refractivity contribution in [2.75, 3.05) is 7.05 Å². The van der Waals surface area contributed by atoms with Crippen LogP contribution in [0.3, 0.4) is 0 Å². The van der Waals surface area contributed by atoms with Crippen LogP contribution in [0.15, 0.2) is 29.1 Å². The zero-order valence-electron chi connectivity index (χ0n) is 15.1. The van der Waals surface area contributed by atoms with Gasteiger partial charge in [0.2, 0.25) is 5.91 Å². The summed E-state index contributed by atoms with van der Waals surface area (Å²) < 4.78 is 1.14. The molecule has 0 saturated heterocycles. The third-order valence-corrected chi connectivity index (χ3v) is 6.05. The maximum Gasteiger partial charge on any atom is 0.219 e. The van der Waals surface area contributed by atoms with E-state index < -0.39 is 0 Å². The Morgan fingerprint density at radius 2 is 2.15 bits per heavy atom. The van der Waals surface area contributed by atoms with E-state index in [0.717, 1.165) is 50.1 Å². The van der Waals surface area contributed by atoms with Gasteiger partial charge in [0, 0.05) is 36.5 Å². The number of aromatic nitrogens is 4. The Morgan fingerprint density at radius 3 is 2.93 bits per heavy atom. The molecule has 4 rings (SSSR count). The van der Waals surface area contributed by atoms with Crippen LogP contribution in [-0.4, -0.2) is 32.9 Å². The summed E-state index contributed by atoms with van der Waals surface area (Å²) in [4.78, 5) is 28.7. The predicted molar refractivity (Wildman–Crippen MR) is 110 cm³/mol. The quantitative estimate of drug-likeness (QED) is 0.511. The fourth-order valence-electron chi connectivity index (χ4n) is 2.92. The molecule has 3 heterocycles. The standard InChI is InChI=1S/C19H19N5OS2/c1-11-9-26-19(22-11)18-17(12-6-7-13-14(8-12)27-10-21-13)23-15(24-18)4-3-5-16(25)20-2/h6-10H,3-5H2,1-2H3,(H,20,25)(H,23,24). The van der Waals surface area contributed by atoms with Crippen LogP contribution in [0.5, 0.6) is 0 Å². The molecule has 1 amide bonds. The van der Waals surface area contributed by atoms with Crippen molar-refractivity contribution < 1.29 is 4.79 Å². The molecule has 8 heteroatoms. The van der Waals surface area contributed by atoms with Gasteiger partial charge in [-0.15, -0.1) is 22.7 Å². The van der Waals surface area contributed by atoms with Crippen LogP contribution >= 0.6 is 22.7 Å². The van der Waals surface area contributed by atoms with Crippen molar-refractivity contribution >= 4 is 38.8 Å². The zero-order valence-corrected chi connectivity index (χ0v) is 16.7. The van der Waals surface area contributed by atoms with Gasteiger partial charge >= 0.3 is 0 Å². The molecule has 0 atom stereocenters. The molecule has 138 valence electrons. The summed E-state index contributed by atoms with van der Waals surface area (Å²) >= 11 is 3.22. The Hall–Kier alpha value is -2.58. The molecular formula is C19H19N5OS2. The summed E-state index contributed by atoms with van der Waals surface area (Å²) in [5.74, 6) is 0.925. The van der Waals surface area contributed by atoms with Gasteiger partial charge in [0.1, 0.15) is 16.5 Å². The van der Waals surface area contributed by atoms with Crippen molar-refractivity contribution in [2.24, 2.45) is 0 Å². The van der Waals surface area contributed by atoms with Crippen LogP contribution in [0.2, 0.25) is 0 Å². The maximum atomic E-state index is 11.5. The van der Waals surface area contributed by atoms with E-state index in [1.54, 1.807) is 29.7 Å². The highest BCUT2D eigenvalue weighted by molar-refractivity contribution is 7.16. The number of hydrogen-bond acceptors (Lipinski definition) is 6. The van der Waals surface area contributed by atoms with E-state index in [-0.39, 0.29) is 5.91 Å². The summed E-state index contributed by atoms with van der Waals surface area (Å²) in [6.45, 7) is 1.99. The number of carbonyl (C=O) groups is 1. The van der Waals surface area contributed by atoms with Crippen molar-refractivity contribution in [3.8, 4) is 22.0 Å². The minimum absolute atomic E-state index is 0.0493. The molecule has 2 N–H and O–H groups in total. The van der Waals surface area contributed by atoms with Gasteiger partial charge in [-0.2, -0.15) is 0 Å². The lowest BCUT2D eigenvalue weighted by atomic mass is 10.1. The lowest BCUT2D eigenvalue weighted by Crippen LogP contribution is -2.17. The van der Waals surface area contributed by atoms with Crippen LogP contribution in [-0.2, 0) is 11.2 Å². The minimum Gasteiger partial charge on any atom is -0.359 e. The van der Waals surface area contributed by atoms with E-state index in [2.05, 4.69) is 32.4 Å². The largest absolute Gasteiger partial charge is 0.359 e. The molecule has 0 unspecified atom stereocenters. The highest BCUT2D eigenvalue weighted by Crippen LogP contribution is 2.34. The van der Waals surface area contributed by atoms with E-state index in [1.807, 2.05) is 23.9 Å². The van der Waals surface area contributed by atoms with E-state index in [1.165, 1.54) is 0 Å². The third-order valence-electron chi connectivity index (χ3n) is 4.29. The maximum absolute atomic E-state index is 11.5. The van der Waals surface area contributed by atoms with Gasteiger partial charge in [0.25, 0.3) is 0 Å². The van der Waals surface area contributed by atoms with E-state index >= 15 is 0 Å². The van der Waals surface area contributed by atoms with Crippen LogP contribution in [0.1, 0.15) is 24.4 Å². The Bertz CT molecular complexity index is 1090. The number of carbonyl (C=O) groups excluding carboxylic acids is 1. The van der Waals surface area contributed by atoms with Gasteiger partial charge in [-0.3, -0.25) is 4.79 Å². The Labute approximate surface area is 164 Å². The zero-order chi connectivity index (χ0) is 18.8. The van der Waals surface area contributed by atoms with Crippen LogP contribution in [0.4, 0.5) is 0 Å². The predicted octanol–water partition coefficient (Wildman–Crippen LogP) is 4.19. The molecule has 0 radical (unpaired) electrons. The smallest absolute Gasteiger partial charge is 0.219 e. The average Bonchev–Trinajstić information content (AvgIpc) is 3.39. The molecular weight excluding hydrogens is 378 g/mol. The number of amides is 1. The molecule has 0 aliphatic rings. The van der Waals surface area contributed by atoms with Gasteiger partial charge in [0.05, 0.1) is 21.4 Å². The molecule has 0 aliphatic heterocycles. The number of benzene rings is 1. The van der Waals surface area contributed by atoms with Crippen LogP contribution in [0, 0.1) is 6.92 Å². The van der Waals surface area contributed by atoms with Gasteiger partial charge < -0.3 is 10.3 Å². The van der Waals surface area contributed by atoms with E-state index in [9.17, 15) is 4.79 Å². The molecule has 0 fully saturated rings. The summed E-state index contributed by atoms with van der Waals surface area (Å²) in [5, 5.41) is 5.59. The number of H-pyrrole nitrogens is 1. The Morgan fingerprint density at radius 1 is 1.26 bits per heavy atom. The van der Waals surface area contributed by atoms with Crippen LogP contribution < -0.4 is 5.32 Å².